The van der Waals surface area contributed by atoms with Crippen LogP contribution in [0.5, 0.6) is 0 Å². The van der Waals surface area contributed by atoms with Crippen LogP contribution in [-0.4, -0.2) is 53.2 Å². The van der Waals surface area contributed by atoms with Crippen molar-refractivity contribution in [3.63, 3.8) is 0 Å². The van der Waals surface area contributed by atoms with E-state index in [0.29, 0.717) is 6.61 Å². The quantitative estimate of drug-likeness (QED) is 0.292. The van der Waals surface area contributed by atoms with E-state index in [2.05, 4.69) is 12.2 Å². The Hall–Kier alpha value is -0.160. The van der Waals surface area contributed by atoms with Crippen molar-refractivity contribution in [1.82, 2.24) is 5.32 Å². The van der Waals surface area contributed by atoms with E-state index in [9.17, 15) is 0 Å². The molecule has 0 radical (unpaired) electrons. The Morgan fingerprint density at radius 2 is 1.19 bits per heavy atom. The Bertz CT molecular complexity index is 276. The summed E-state index contributed by atoms with van der Waals surface area (Å²) in [6, 6.07) is 0.160. The van der Waals surface area contributed by atoms with Gasteiger partial charge in [0, 0.05) is 21.3 Å². The fourth-order valence-electron chi connectivity index (χ4n) is 3.70. The van der Waals surface area contributed by atoms with Gasteiger partial charge >= 0.3 is 0 Å². The van der Waals surface area contributed by atoms with E-state index in [1.165, 1.54) is 77.0 Å². The van der Waals surface area contributed by atoms with E-state index in [1.54, 1.807) is 21.3 Å². The van der Waals surface area contributed by atoms with Gasteiger partial charge in [0.15, 0.2) is 0 Å². The predicted octanol–water partition coefficient (Wildman–Crippen LogP) is 5.34. The largest absolute Gasteiger partial charge is 0.383 e. The SMILES string of the molecule is CCCCCCCCCCCCCCC(OC)C(OC)C(COC)NC. The van der Waals surface area contributed by atoms with Crippen molar-refractivity contribution >= 4 is 0 Å². The van der Waals surface area contributed by atoms with Crippen LogP contribution in [0.15, 0.2) is 0 Å². The van der Waals surface area contributed by atoms with Crippen LogP contribution in [0.3, 0.4) is 0 Å². The van der Waals surface area contributed by atoms with E-state index in [-0.39, 0.29) is 18.2 Å². The zero-order chi connectivity index (χ0) is 19.5. The third-order valence-electron chi connectivity index (χ3n) is 5.40. The monoisotopic (exact) mass is 373 g/mol. The molecule has 3 atom stereocenters. The minimum atomic E-state index is 0.0256. The summed E-state index contributed by atoms with van der Waals surface area (Å²) in [7, 11) is 7.23. The molecular formula is C22H47NO3. The molecule has 0 bridgehead atoms. The minimum absolute atomic E-state index is 0.0256. The molecule has 0 aliphatic rings. The Morgan fingerprint density at radius 3 is 1.58 bits per heavy atom. The van der Waals surface area contributed by atoms with Gasteiger partial charge in [0.05, 0.1) is 18.8 Å². The number of rotatable bonds is 20. The molecule has 0 rings (SSSR count). The summed E-state index contributed by atoms with van der Waals surface area (Å²) in [6.07, 6.45) is 17.7. The van der Waals surface area contributed by atoms with Gasteiger partial charge in [-0.15, -0.1) is 0 Å². The summed E-state index contributed by atoms with van der Waals surface area (Å²) in [5, 5.41) is 3.28. The smallest absolute Gasteiger partial charge is 0.101 e. The maximum Gasteiger partial charge on any atom is 0.101 e. The maximum atomic E-state index is 5.71. The number of hydrogen-bond donors (Lipinski definition) is 1. The average Bonchev–Trinajstić information content (AvgIpc) is 2.66. The van der Waals surface area contributed by atoms with Crippen molar-refractivity contribution < 1.29 is 14.2 Å². The number of unbranched alkanes of at least 4 members (excludes halogenated alkanes) is 11. The van der Waals surface area contributed by atoms with Gasteiger partial charge in [0.2, 0.25) is 0 Å². The van der Waals surface area contributed by atoms with E-state index in [0.717, 1.165) is 6.42 Å². The predicted molar refractivity (Wildman–Crippen MR) is 112 cm³/mol. The molecule has 3 unspecified atom stereocenters. The molecule has 0 aliphatic heterocycles. The Balaban J connectivity index is 3.72. The van der Waals surface area contributed by atoms with Gasteiger partial charge in [0.1, 0.15) is 6.10 Å². The molecule has 0 saturated heterocycles. The van der Waals surface area contributed by atoms with Crippen molar-refractivity contribution in [2.45, 2.75) is 109 Å². The lowest BCUT2D eigenvalue weighted by Gasteiger charge is -2.31. The fraction of sp³-hybridized carbons (Fsp3) is 1.00. The van der Waals surface area contributed by atoms with Gasteiger partial charge in [-0.05, 0) is 13.5 Å². The summed E-state index contributed by atoms with van der Waals surface area (Å²) in [5.41, 5.74) is 0. The van der Waals surface area contributed by atoms with Gasteiger partial charge in [-0.2, -0.15) is 0 Å². The Morgan fingerprint density at radius 1 is 0.692 bits per heavy atom. The average molecular weight is 374 g/mol. The molecule has 26 heavy (non-hydrogen) atoms. The van der Waals surface area contributed by atoms with Crippen LogP contribution in [0.4, 0.5) is 0 Å². The van der Waals surface area contributed by atoms with Crippen molar-refractivity contribution in [3.8, 4) is 0 Å². The Labute approximate surface area is 163 Å². The summed E-state index contributed by atoms with van der Waals surface area (Å²) >= 11 is 0. The molecule has 0 aromatic carbocycles. The van der Waals surface area contributed by atoms with Crippen molar-refractivity contribution in [2.75, 3.05) is 35.0 Å². The van der Waals surface area contributed by atoms with Gasteiger partial charge < -0.3 is 19.5 Å². The van der Waals surface area contributed by atoms with Crippen molar-refractivity contribution in [3.05, 3.63) is 0 Å². The van der Waals surface area contributed by atoms with Crippen LogP contribution >= 0.6 is 0 Å². The molecule has 0 aliphatic carbocycles. The molecule has 0 amide bonds. The highest BCUT2D eigenvalue weighted by Crippen LogP contribution is 2.17. The first kappa shape index (κ1) is 25.8. The first-order chi connectivity index (χ1) is 12.7. The number of methoxy groups -OCH3 is 3. The van der Waals surface area contributed by atoms with Crippen LogP contribution in [0, 0.1) is 0 Å². The maximum absolute atomic E-state index is 5.71. The first-order valence-corrected chi connectivity index (χ1v) is 11.0. The lowest BCUT2D eigenvalue weighted by Crippen LogP contribution is -2.49. The highest BCUT2D eigenvalue weighted by atomic mass is 16.5. The van der Waals surface area contributed by atoms with Crippen LogP contribution in [0.2, 0.25) is 0 Å². The molecule has 0 aromatic rings. The third-order valence-corrected chi connectivity index (χ3v) is 5.40. The summed E-state index contributed by atoms with van der Waals surface area (Å²) in [6.45, 7) is 2.91. The van der Waals surface area contributed by atoms with Gasteiger partial charge in [-0.3, -0.25) is 0 Å². The number of ether oxygens (including phenoxy) is 3. The highest BCUT2D eigenvalue weighted by molar-refractivity contribution is 4.83. The van der Waals surface area contributed by atoms with Gasteiger partial charge in [0.25, 0.3) is 0 Å². The number of nitrogens with one attached hydrogen (secondary N) is 1. The second-order valence-corrected chi connectivity index (χ2v) is 7.50. The summed E-state index contributed by atoms with van der Waals surface area (Å²) in [5.74, 6) is 0. The number of hydrogen-bond acceptors (Lipinski definition) is 4. The van der Waals surface area contributed by atoms with E-state index in [1.807, 2.05) is 7.05 Å². The normalized spacial score (nSPS) is 15.1. The fourth-order valence-corrected chi connectivity index (χ4v) is 3.70. The molecule has 1 N–H and O–H groups in total. The highest BCUT2D eigenvalue weighted by Gasteiger charge is 2.28. The molecule has 0 heterocycles. The molecule has 0 fully saturated rings. The van der Waals surface area contributed by atoms with Crippen LogP contribution in [0.1, 0.15) is 90.4 Å². The lowest BCUT2D eigenvalue weighted by molar-refractivity contribution is -0.0673. The van der Waals surface area contributed by atoms with Crippen LogP contribution in [-0.2, 0) is 14.2 Å². The molecule has 0 aromatic heterocycles. The van der Waals surface area contributed by atoms with E-state index >= 15 is 0 Å². The Kier molecular flexibility index (Phi) is 19.5. The van der Waals surface area contributed by atoms with Crippen molar-refractivity contribution in [2.24, 2.45) is 0 Å². The molecule has 4 heteroatoms. The second-order valence-electron chi connectivity index (χ2n) is 7.50. The number of likely N-dealkylation sites (N-methyl/N-ethyl adjacent to an activating group) is 1. The summed E-state index contributed by atoms with van der Waals surface area (Å²) in [4.78, 5) is 0. The third kappa shape index (κ3) is 13.1. The van der Waals surface area contributed by atoms with E-state index in [4.69, 9.17) is 14.2 Å². The van der Waals surface area contributed by atoms with Gasteiger partial charge in [-0.1, -0.05) is 84.0 Å². The second kappa shape index (κ2) is 19.6. The zero-order valence-corrected chi connectivity index (χ0v) is 18.4. The van der Waals surface area contributed by atoms with Crippen LogP contribution in [0.25, 0.3) is 0 Å². The first-order valence-electron chi connectivity index (χ1n) is 11.0. The molecule has 0 spiro atoms. The summed E-state index contributed by atoms with van der Waals surface area (Å²) < 4.78 is 16.7. The molecule has 0 saturated carbocycles. The standard InChI is InChI=1S/C22H47NO3/c1-6-7-8-9-10-11-12-13-14-15-16-17-18-21(25-4)22(26-5)20(23-2)19-24-3/h20-23H,6-19H2,1-5H3. The van der Waals surface area contributed by atoms with Crippen molar-refractivity contribution in [1.29, 1.82) is 0 Å². The minimum Gasteiger partial charge on any atom is -0.383 e. The van der Waals surface area contributed by atoms with Gasteiger partial charge in [-0.25, -0.2) is 0 Å². The molecule has 4 nitrogen and oxygen atoms in total. The molecule has 158 valence electrons. The lowest BCUT2D eigenvalue weighted by atomic mass is 9.99. The molecular weight excluding hydrogens is 326 g/mol. The van der Waals surface area contributed by atoms with E-state index < -0.39 is 0 Å². The van der Waals surface area contributed by atoms with Crippen LogP contribution < -0.4 is 5.32 Å². The topological polar surface area (TPSA) is 39.7 Å². The zero-order valence-electron chi connectivity index (χ0n) is 18.4.